The molecule has 88 valence electrons. The van der Waals surface area contributed by atoms with Crippen LogP contribution in [0.15, 0.2) is 30.3 Å². The topological polar surface area (TPSA) is 12.0 Å². The van der Waals surface area contributed by atoms with E-state index in [1.165, 1.54) is 0 Å². The highest BCUT2D eigenvalue weighted by Gasteiger charge is 2.40. The Hall–Kier alpha value is -0.960. The Bertz CT molecular complexity index is 318. The number of rotatable bonds is 3. The van der Waals surface area contributed by atoms with Crippen LogP contribution >= 0.6 is 0 Å². The minimum Gasteiger partial charge on any atom is -0.317 e. The van der Waals surface area contributed by atoms with Gasteiger partial charge in [-0.1, -0.05) is 30.3 Å². The molecule has 1 nitrogen and oxygen atoms in total. The van der Waals surface area contributed by atoms with Crippen LogP contribution in [-0.2, 0) is 6.42 Å². The van der Waals surface area contributed by atoms with E-state index in [-0.39, 0.29) is 0 Å². The summed E-state index contributed by atoms with van der Waals surface area (Å²) in [6.45, 7) is 1.41. The van der Waals surface area contributed by atoms with Crippen molar-refractivity contribution in [1.82, 2.24) is 5.32 Å². The molecule has 0 unspecified atom stereocenters. The largest absolute Gasteiger partial charge is 0.317 e. The summed E-state index contributed by atoms with van der Waals surface area (Å²) in [4.78, 5) is 0. The second-order valence-corrected chi connectivity index (χ2v) is 4.58. The minimum atomic E-state index is -2.23. The summed E-state index contributed by atoms with van der Waals surface area (Å²) in [5, 5.41) is 3.15. The van der Waals surface area contributed by atoms with E-state index in [2.05, 4.69) is 5.32 Å². The van der Waals surface area contributed by atoms with E-state index in [1.54, 1.807) is 0 Å². The van der Waals surface area contributed by atoms with Crippen LogP contribution in [0.5, 0.6) is 0 Å². The molecular formula is C13H17F2N. The highest BCUT2D eigenvalue weighted by molar-refractivity contribution is 5.17. The molecule has 1 fully saturated rings. The molecule has 1 saturated heterocycles. The maximum atomic E-state index is 13.2. The van der Waals surface area contributed by atoms with Crippen LogP contribution in [0.1, 0.15) is 18.4 Å². The van der Waals surface area contributed by atoms with Gasteiger partial charge in [-0.25, -0.2) is 8.78 Å². The number of piperidine rings is 1. The molecule has 1 aromatic carbocycles. The Morgan fingerprint density at radius 3 is 2.31 bits per heavy atom. The van der Waals surface area contributed by atoms with Gasteiger partial charge in [0.1, 0.15) is 0 Å². The molecule has 16 heavy (non-hydrogen) atoms. The van der Waals surface area contributed by atoms with Gasteiger partial charge in [-0.2, -0.15) is 0 Å². The third kappa shape index (κ3) is 2.40. The quantitative estimate of drug-likeness (QED) is 0.834. The second kappa shape index (κ2) is 4.91. The predicted octanol–water partition coefficient (Wildman–Crippen LogP) is 2.86. The van der Waals surface area contributed by atoms with E-state index in [1.807, 2.05) is 30.3 Å². The summed E-state index contributed by atoms with van der Waals surface area (Å²) in [6.07, 6.45) is -0.596. The van der Waals surface area contributed by atoms with Gasteiger partial charge in [-0.15, -0.1) is 0 Å². The summed E-state index contributed by atoms with van der Waals surface area (Å²) in [7, 11) is 0. The maximum absolute atomic E-state index is 13.2. The van der Waals surface area contributed by atoms with Gasteiger partial charge in [0.05, 0.1) is 0 Å². The summed E-state index contributed by atoms with van der Waals surface area (Å²) in [6, 6.07) is 9.62. The van der Waals surface area contributed by atoms with E-state index in [0.29, 0.717) is 32.4 Å². The molecule has 0 amide bonds. The molecular weight excluding hydrogens is 208 g/mol. The first-order valence-electron chi connectivity index (χ1n) is 5.76. The third-order valence-corrected chi connectivity index (χ3v) is 3.46. The zero-order valence-electron chi connectivity index (χ0n) is 9.26. The highest BCUT2D eigenvalue weighted by Crippen LogP contribution is 2.38. The van der Waals surface area contributed by atoms with Crippen LogP contribution in [0.25, 0.3) is 0 Å². The maximum Gasteiger partial charge on any atom is 0.244 e. The summed E-state index contributed by atoms with van der Waals surface area (Å²) < 4.78 is 26.5. The fraction of sp³-hybridized carbons (Fsp3) is 0.538. The monoisotopic (exact) mass is 225 g/mol. The van der Waals surface area contributed by atoms with Gasteiger partial charge in [0.25, 0.3) is 0 Å². The lowest BCUT2D eigenvalue weighted by atomic mass is 9.74. The molecule has 0 spiro atoms. The Morgan fingerprint density at radius 2 is 1.75 bits per heavy atom. The van der Waals surface area contributed by atoms with Crippen LogP contribution < -0.4 is 5.32 Å². The van der Waals surface area contributed by atoms with Crippen molar-refractivity contribution in [3.05, 3.63) is 35.9 Å². The zero-order valence-corrected chi connectivity index (χ0v) is 9.26. The van der Waals surface area contributed by atoms with Gasteiger partial charge in [-0.3, -0.25) is 0 Å². The molecule has 0 atom stereocenters. The summed E-state index contributed by atoms with van der Waals surface area (Å²) in [5.41, 5.74) is 0.205. The van der Waals surface area contributed by atoms with E-state index in [9.17, 15) is 8.78 Å². The predicted molar refractivity (Wildman–Crippen MR) is 60.7 cm³/mol. The average molecular weight is 225 g/mol. The fourth-order valence-corrected chi connectivity index (χ4v) is 2.40. The van der Waals surface area contributed by atoms with Gasteiger partial charge in [-0.05, 0) is 37.9 Å². The van der Waals surface area contributed by atoms with Gasteiger partial charge in [0, 0.05) is 5.41 Å². The van der Waals surface area contributed by atoms with Crippen molar-refractivity contribution in [2.75, 3.05) is 13.1 Å². The van der Waals surface area contributed by atoms with Gasteiger partial charge in [0.2, 0.25) is 6.43 Å². The summed E-state index contributed by atoms with van der Waals surface area (Å²) in [5.74, 6) is 0. The smallest absolute Gasteiger partial charge is 0.244 e. The normalized spacial score (nSPS) is 19.9. The lowest BCUT2D eigenvalue weighted by Gasteiger charge is -2.37. The van der Waals surface area contributed by atoms with Crippen molar-refractivity contribution >= 4 is 0 Å². The Labute approximate surface area is 94.9 Å². The number of hydrogen-bond acceptors (Lipinski definition) is 1. The Balaban J connectivity index is 2.14. The molecule has 0 bridgehead atoms. The van der Waals surface area contributed by atoms with Crippen molar-refractivity contribution in [3.8, 4) is 0 Å². The van der Waals surface area contributed by atoms with Crippen LogP contribution in [0, 0.1) is 5.41 Å². The third-order valence-electron chi connectivity index (χ3n) is 3.46. The molecule has 3 heteroatoms. The van der Waals surface area contributed by atoms with E-state index in [4.69, 9.17) is 0 Å². The number of nitrogens with one attached hydrogen (secondary N) is 1. The number of halogens is 2. The van der Waals surface area contributed by atoms with Crippen LogP contribution in [0.2, 0.25) is 0 Å². The van der Waals surface area contributed by atoms with Crippen molar-refractivity contribution in [1.29, 1.82) is 0 Å². The number of hydrogen-bond donors (Lipinski definition) is 1. The van der Waals surface area contributed by atoms with Crippen molar-refractivity contribution in [2.45, 2.75) is 25.7 Å². The first kappa shape index (κ1) is 11.5. The number of benzene rings is 1. The molecule has 1 aromatic rings. The van der Waals surface area contributed by atoms with Crippen molar-refractivity contribution in [3.63, 3.8) is 0 Å². The molecule has 1 aliphatic rings. The lowest BCUT2D eigenvalue weighted by Crippen LogP contribution is -2.42. The average Bonchev–Trinajstić information content (AvgIpc) is 2.31. The Morgan fingerprint density at radius 1 is 1.12 bits per heavy atom. The highest BCUT2D eigenvalue weighted by atomic mass is 19.3. The standard InChI is InChI=1S/C13H17F2N/c14-12(15)13(6-8-16-9-7-13)10-11-4-2-1-3-5-11/h1-5,12,16H,6-10H2. The fourth-order valence-electron chi connectivity index (χ4n) is 2.40. The van der Waals surface area contributed by atoms with Crippen LogP contribution in [0.4, 0.5) is 8.78 Å². The van der Waals surface area contributed by atoms with Crippen LogP contribution in [0.3, 0.4) is 0 Å². The van der Waals surface area contributed by atoms with Gasteiger partial charge in [0.15, 0.2) is 0 Å². The second-order valence-electron chi connectivity index (χ2n) is 4.58. The van der Waals surface area contributed by atoms with Crippen molar-refractivity contribution in [2.24, 2.45) is 5.41 Å². The van der Waals surface area contributed by atoms with E-state index in [0.717, 1.165) is 5.56 Å². The Kier molecular flexibility index (Phi) is 3.54. The minimum absolute atomic E-state index is 0.493. The molecule has 1 aliphatic heterocycles. The summed E-state index contributed by atoms with van der Waals surface area (Å²) >= 11 is 0. The van der Waals surface area contributed by atoms with Crippen molar-refractivity contribution < 1.29 is 8.78 Å². The molecule has 0 aromatic heterocycles. The molecule has 2 rings (SSSR count). The first-order valence-corrected chi connectivity index (χ1v) is 5.76. The van der Waals surface area contributed by atoms with Crippen LogP contribution in [-0.4, -0.2) is 19.5 Å². The van der Waals surface area contributed by atoms with E-state index >= 15 is 0 Å². The number of alkyl halides is 2. The molecule has 0 saturated carbocycles. The zero-order chi connectivity index (χ0) is 11.4. The molecule has 1 N–H and O–H groups in total. The van der Waals surface area contributed by atoms with Gasteiger partial charge >= 0.3 is 0 Å². The van der Waals surface area contributed by atoms with Gasteiger partial charge < -0.3 is 5.32 Å². The first-order chi connectivity index (χ1) is 7.73. The molecule has 0 radical (unpaired) electrons. The lowest BCUT2D eigenvalue weighted by molar-refractivity contribution is -0.0263. The SMILES string of the molecule is FC(F)C1(Cc2ccccc2)CCNCC1. The van der Waals surface area contributed by atoms with E-state index < -0.39 is 11.8 Å². The molecule has 1 heterocycles. The molecule has 0 aliphatic carbocycles.